The summed E-state index contributed by atoms with van der Waals surface area (Å²) < 4.78 is 23.8. The first-order valence-corrected chi connectivity index (χ1v) is 15.1. The number of nitrogens with zero attached hydrogens (tertiary/aromatic N) is 1. The number of benzene rings is 3. The molecule has 1 spiro atoms. The van der Waals surface area contributed by atoms with Crippen LogP contribution < -0.4 is 9.64 Å². The summed E-state index contributed by atoms with van der Waals surface area (Å²) in [6, 6.07) is 24.9. The molecule has 3 aromatic carbocycles. The van der Waals surface area contributed by atoms with Gasteiger partial charge >= 0.3 is 0 Å². The van der Waals surface area contributed by atoms with E-state index >= 15 is 0 Å². The molecule has 3 aromatic rings. The zero-order valence-electron chi connectivity index (χ0n) is 24.4. The van der Waals surface area contributed by atoms with Gasteiger partial charge in [-0.1, -0.05) is 67.8 Å². The van der Waals surface area contributed by atoms with E-state index in [1.165, 1.54) is 12.1 Å². The monoisotopic (exact) mass is 557 g/mol. The molecule has 1 saturated heterocycles. The van der Waals surface area contributed by atoms with Crippen LogP contribution in [0.5, 0.6) is 5.75 Å². The fourth-order valence-corrected chi connectivity index (χ4v) is 7.31. The minimum absolute atomic E-state index is 0.143. The maximum atomic E-state index is 12.8. The standard InChI is InChI=1S/C35H43NO5/c1-38-33(39-2)27-17-21-36(22-18-27)30-13-11-29(12-14-30)35(37)32-16-15-31(40-24-26-9-5-3-6-10-26)23-28(32)25-41-34(35)19-7-4-8-20-34/h3,5-6,9-16,23,27,33,37H,4,7-8,17-22,24-25H2,1-2H3. The van der Waals surface area contributed by atoms with Crippen molar-refractivity contribution in [3.8, 4) is 5.75 Å². The predicted molar refractivity (Wildman–Crippen MR) is 160 cm³/mol. The maximum absolute atomic E-state index is 12.8. The summed E-state index contributed by atoms with van der Waals surface area (Å²) in [7, 11) is 3.43. The molecule has 218 valence electrons. The molecule has 6 nitrogen and oxygen atoms in total. The Labute approximate surface area is 244 Å². The topological polar surface area (TPSA) is 60.4 Å². The van der Waals surface area contributed by atoms with Crippen LogP contribution in [0.4, 0.5) is 5.69 Å². The van der Waals surface area contributed by atoms with Crippen LogP contribution in [0.1, 0.15) is 67.2 Å². The maximum Gasteiger partial charge on any atom is 0.159 e. The molecule has 6 rings (SSSR count). The number of fused-ring (bicyclic) bond motifs is 1. The summed E-state index contributed by atoms with van der Waals surface area (Å²) in [4.78, 5) is 2.42. The molecule has 2 fully saturated rings. The Kier molecular flexibility index (Phi) is 8.36. The average Bonchev–Trinajstić information content (AvgIpc) is 3.04. The van der Waals surface area contributed by atoms with E-state index in [2.05, 4.69) is 47.4 Å². The number of anilines is 1. The van der Waals surface area contributed by atoms with E-state index in [1.807, 2.05) is 30.3 Å². The molecule has 1 N–H and O–H groups in total. The van der Waals surface area contributed by atoms with Gasteiger partial charge in [0.25, 0.3) is 0 Å². The van der Waals surface area contributed by atoms with E-state index in [-0.39, 0.29) is 6.29 Å². The van der Waals surface area contributed by atoms with Crippen molar-refractivity contribution in [2.24, 2.45) is 5.92 Å². The lowest BCUT2D eigenvalue weighted by Crippen LogP contribution is -2.58. The SMILES string of the molecule is COC(OC)C1CCN(c2ccc(C3(O)c4ccc(OCc5ccccc5)cc4COC34CCCCC4)cc2)CC1. The number of hydrogen-bond donors (Lipinski definition) is 1. The number of piperidine rings is 1. The quantitative estimate of drug-likeness (QED) is 0.316. The third-order valence-electron chi connectivity index (χ3n) is 9.58. The summed E-state index contributed by atoms with van der Waals surface area (Å²) in [5.74, 6) is 1.20. The highest BCUT2D eigenvalue weighted by Crippen LogP contribution is 2.54. The zero-order chi connectivity index (χ0) is 28.3. The molecule has 1 saturated carbocycles. The minimum atomic E-state index is -1.23. The summed E-state index contributed by atoms with van der Waals surface area (Å²) >= 11 is 0. The Morgan fingerprint density at radius 1 is 0.902 bits per heavy atom. The molecule has 0 amide bonds. The van der Waals surface area contributed by atoms with E-state index < -0.39 is 11.2 Å². The lowest BCUT2D eigenvalue weighted by molar-refractivity contribution is -0.205. The molecule has 2 aliphatic heterocycles. The van der Waals surface area contributed by atoms with E-state index in [0.717, 1.165) is 79.6 Å². The van der Waals surface area contributed by atoms with Crippen LogP contribution in [0.15, 0.2) is 72.8 Å². The lowest BCUT2D eigenvalue weighted by atomic mass is 9.64. The molecule has 0 aromatic heterocycles. The number of hydrogen-bond acceptors (Lipinski definition) is 6. The van der Waals surface area contributed by atoms with Gasteiger partial charge in [0.05, 0.1) is 6.61 Å². The molecular weight excluding hydrogens is 514 g/mol. The van der Waals surface area contributed by atoms with Gasteiger partial charge in [0.15, 0.2) is 6.29 Å². The van der Waals surface area contributed by atoms with Gasteiger partial charge in [-0.15, -0.1) is 0 Å². The Morgan fingerprint density at radius 2 is 1.61 bits per heavy atom. The van der Waals surface area contributed by atoms with Crippen molar-refractivity contribution in [3.05, 3.63) is 95.1 Å². The van der Waals surface area contributed by atoms with Gasteiger partial charge in [0.2, 0.25) is 0 Å². The molecule has 0 bridgehead atoms. The van der Waals surface area contributed by atoms with Crippen molar-refractivity contribution >= 4 is 5.69 Å². The third kappa shape index (κ3) is 5.39. The smallest absolute Gasteiger partial charge is 0.159 e. The van der Waals surface area contributed by atoms with Crippen molar-refractivity contribution < 1.29 is 24.1 Å². The van der Waals surface area contributed by atoms with Crippen molar-refractivity contribution in [2.75, 3.05) is 32.2 Å². The van der Waals surface area contributed by atoms with Crippen LogP contribution in [0.2, 0.25) is 0 Å². The first-order valence-electron chi connectivity index (χ1n) is 15.1. The second-order valence-corrected chi connectivity index (χ2v) is 11.9. The lowest BCUT2D eigenvalue weighted by Gasteiger charge is -2.53. The highest BCUT2D eigenvalue weighted by Gasteiger charge is 2.57. The van der Waals surface area contributed by atoms with Gasteiger partial charge in [-0.05, 0) is 72.2 Å². The third-order valence-corrected chi connectivity index (χ3v) is 9.58. The number of ether oxygens (including phenoxy) is 4. The van der Waals surface area contributed by atoms with Gasteiger partial charge in [0, 0.05) is 38.9 Å². The van der Waals surface area contributed by atoms with Gasteiger partial charge in [0.1, 0.15) is 23.6 Å². The second kappa shape index (κ2) is 12.1. The van der Waals surface area contributed by atoms with Crippen molar-refractivity contribution in [2.45, 2.75) is 75.7 Å². The van der Waals surface area contributed by atoms with Crippen LogP contribution in [-0.4, -0.2) is 44.3 Å². The Hall–Kier alpha value is -2.90. The largest absolute Gasteiger partial charge is 0.489 e. The summed E-state index contributed by atoms with van der Waals surface area (Å²) in [5, 5.41) is 12.8. The molecular formula is C35H43NO5. The van der Waals surface area contributed by atoms with Gasteiger partial charge in [-0.3, -0.25) is 0 Å². The first kappa shape index (κ1) is 28.2. The first-order chi connectivity index (χ1) is 20.1. The fourth-order valence-electron chi connectivity index (χ4n) is 7.31. The van der Waals surface area contributed by atoms with Gasteiger partial charge in [-0.25, -0.2) is 0 Å². The molecule has 1 unspecified atom stereocenters. The van der Waals surface area contributed by atoms with E-state index in [0.29, 0.717) is 19.1 Å². The summed E-state index contributed by atoms with van der Waals surface area (Å²) in [5.41, 5.74) is 3.29. The molecule has 41 heavy (non-hydrogen) atoms. The number of aliphatic hydroxyl groups is 1. The molecule has 6 heteroatoms. The van der Waals surface area contributed by atoms with Crippen molar-refractivity contribution in [1.82, 2.24) is 0 Å². The average molecular weight is 558 g/mol. The van der Waals surface area contributed by atoms with Gasteiger partial charge in [-0.2, -0.15) is 0 Å². The van der Waals surface area contributed by atoms with Crippen LogP contribution in [-0.2, 0) is 33.0 Å². The van der Waals surface area contributed by atoms with E-state index in [9.17, 15) is 5.11 Å². The van der Waals surface area contributed by atoms with Crippen LogP contribution in [0, 0.1) is 5.92 Å². The van der Waals surface area contributed by atoms with E-state index in [4.69, 9.17) is 18.9 Å². The normalized spacial score (nSPS) is 22.6. The Morgan fingerprint density at radius 3 is 2.29 bits per heavy atom. The molecule has 1 atom stereocenters. The minimum Gasteiger partial charge on any atom is -0.489 e. The van der Waals surface area contributed by atoms with E-state index in [1.54, 1.807) is 14.2 Å². The molecule has 2 heterocycles. The Balaban J connectivity index is 1.26. The molecule has 1 aliphatic carbocycles. The summed E-state index contributed by atoms with van der Waals surface area (Å²) in [6.07, 6.45) is 6.92. The summed E-state index contributed by atoms with van der Waals surface area (Å²) in [6.45, 7) is 2.90. The number of rotatable bonds is 8. The Bertz CT molecular complexity index is 1280. The predicted octanol–water partition coefficient (Wildman–Crippen LogP) is 6.57. The van der Waals surface area contributed by atoms with Crippen molar-refractivity contribution in [1.29, 1.82) is 0 Å². The highest BCUT2D eigenvalue weighted by atomic mass is 16.7. The van der Waals surface area contributed by atoms with Crippen LogP contribution in [0.3, 0.4) is 0 Å². The molecule has 3 aliphatic rings. The van der Waals surface area contributed by atoms with Crippen molar-refractivity contribution in [3.63, 3.8) is 0 Å². The molecule has 0 radical (unpaired) electrons. The van der Waals surface area contributed by atoms with Crippen LogP contribution >= 0.6 is 0 Å². The van der Waals surface area contributed by atoms with Gasteiger partial charge < -0.3 is 29.0 Å². The zero-order valence-corrected chi connectivity index (χ0v) is 24.4. The second-order valence-electron chi connectivity index (χ2n) is 11.9. The number of methoxy groups -OCH3 is 2. The van der Waals surface area contributed by atoms with Crippen LogP contribution in [0.25, 0.3) is 0 Å². The fraction of sp³-hybridized carbons (Fsp3) is 0.486. The highest BCUT2D eigenvalue weighted by molar-refractivity contribution is 5.54.